The van der Waals surface area contributed by atoms with Crippen molar-refractivity contribution in [2.24, 2.45) is 0 Å². The fourth-order valence-electron chi connectivity index (χ4n) is 2.75. The molecule has 0 bridgehead atoms. The molecule has 7 heteroatoms. The summed E-state index contributed by atoms with van der Waals surface area (Å²) in [7, 11) is 1.50. The van der Waals surface area contributed by atoms with E-state index < -0.39 is 11.2 Å². The van der Waals surface area contributed by atoms with E-state index in [-0.39, 0.29) is 25.5 Å². The Morgan fingerprint density at radius 2 is 1.80 bits per heavy atom. The molecule has 0 aliphatic carbocycles. The average molecular weight is 343 g/mol. The van der Waals surface area contributed by atoms with Crippen LogP contribution in [0.4, 0.5) is 10.1 Å². The van der Waals surface area contributed by atoms with Crippen LogP contribution in [0.5, 0.6) is 0 Å². The molecular formula is C18H18FN3O3. The lowest BCUT2D eigenvalue weighted by atomic mass is 10.2. The van der Waals surface area contributed by atoms with Gasteiger partial charge in [-0.1, -0.05) is 12.1 Å². The first-order chi connectivity index (χ1) is 12.0. The maximum absolute atomic E-state index is 13.1. The van der Waals surface area contributed by atoms with E-state index in [1.54, 1.807) is 30.3 Å². The number of anilines is 1. The van der Waals surface area contributed by atoms with Crippen LogP contribution in [0.1, 0.15) is 5.56 Å². The standard InChI is InChI=1S/C18H18FN3O3/c1-25-9-8-21-17(23)15-10-14(20)6-7-16(15)22(18(21)24)11-12-2-4-13(19)5-3-12/h2-7,10H,8-9,11,20H2,1H3. The molecule has 0 atom stereocenters. The zero-order chi connectivity index (χ0) is 18.0. The Balaban J connectivity index is 2.23. The van der Waals surface area contributed by atoms with Gasteiger partial charge in [-0.2, -0.15) is 0 Å². The molecule has 130 valence electrons. The molecule has 0 aliphatic heterocycles. The monoisotopic (exact) mass is 343 g/mol. The zero-order valence-electron chi connectivity index (χ0n) is 13.7. The molecule has 2 aromatic carbocycles. The molecule has 0 amide bonds. The lowest BCUT2D eigenvalue weighted by Gasteiger charge is -2.14. The van der Waals surface area contributed by atoms with Crippen molar-refractivity contribution >= 4 is 16.6 Å². The number of aromatic nitrogens is 2. The Bertz CT molecular complexity index is 1020. The third-order valence-electron chi connectivity index (χ3n) is 4.02. The smallest absolute Gasteiger partial charge is 0.331 e. The molecule has 3 rings (SSSR count). The number of nitrogens with two attached hydrogens (primary N) is 1. The first-order valence-electron chi connectivity index (χ1n) is 7.77. The van der Waals surface area contributed by atoms with Gasteiger partial charge in [0.2, 0.25) is 0 Å². The number of nitrogens with zero attached hydrogens (tertiary/aromatic N) is 2. The Kier molecular flexibility index (Phi) is 4.67. The van der Waals surface area contributed by atoms with Gasteiger partial charge in [0.05, 0.1) is 30.6 Å². The molecule has 25 heavy (non-hydrogen) atoms. The molecule has 2 N–H and O–H groups in total. The van der Waals surface area contributed by atoms with Gasteiger partial charge in [-0.3, -0.25) is 13.9 Å². The van der Waals surface area contributed by atoms with Gasteiger partial charge in [0.15, 0.2) is 0 Å². The van der Waals surface area contributed by atoms with Gasteiger partial charge >= 0.3 is 5.69 Å². The predicted octanol–water partition coefficient (Wildman–Crippen LogP) is 1.58. The van der Waals surface area contributed by atoms with Gasteiger partial charge in [-0.05, 0) is 35.9 Å². The van der Waals surface area contributed by atoms with Crippen LogP contribution in [0.3, 0.4) is 0 Å². The van der Waals surface area contributed by atoms with Crippen LogP contribution in [0.15, 0.2) is 52.1 Å². The van der Waals surface area contributed by atoms with Crippen LogP contribution < -0.4 is 17.0 Å². The van der Waals surface area contributed by atoms with Crippen molar-refractivity contribution in [1.29, 1.82) is 0 Å². The minimum atomic E-state index is -0.441. The molecule has 0 unspecified atom stereocenters. The van der Waals surface area contributed by atoms with Crippen LogP contribution in [0, 0.1) is 5.82 Å². The second-order valence-corrected chi connectivity index (χ2v) is 5.72. The van der Waals surface area contributed by atoms with Gasteiger partial charge in [-0.15, -0.1) is 0 Å². The third kappa shape index (κ3) is 3.32. The van der Waals surface area contributed by atoms with E-state index in [0.717, 1.165) is 10.1 Å². The Morgan fingerprint density at radius 1 is 1.08 bits per heavy atom. The van der Waals surface area contributed by atoms with E-state index in [4.69, 9.17) is 10.5 Å². The largest absolute Gasteiger partial charge is 0.399 e. The SMILES string of the molecule is COCCn1c(=O)c2cc(N)ccc2n(Cc2ccc(F)cc2)c1=O. The Hall–Kier alpha value is -2.93. The van der Waals surface area contributed by atoms with E-state index in [1.807, 2.05) is 0 Å². The van der Waals surface area contributed by atoms with Crippen molar-refractivity contribution in [1.82, 2.24) is 9.13 Å². The van der Waals surface area contributed by atoms with E-state index in [1.165, 1.54) is 23.8 Å². The van der Waals surface area contributed by atoms with Crippen molar-refractivity contribution in [2.75, 3.05) is 19.5 Å². The second kappa shape index (κ2) is 6.90. The number of methoxy groups -OCH3 is 1. The van der Waals surface area contributed by atoms with Crippen LogP contribution in [-0.4, -0.2) is 22.9 Å². The Labute approximate surface area is 142 Å². The van der Waals surface area contributed by atoms with Gasteiger partial charge < -0.3 is 10.5 Å². The highest BCUT2D eigenvalue weighted by Crippen LogP contribution is 2.14. The zero-order valence-corrected chi connectivity index (χ0v) is 13.7. The molecule has 6 nitrogen and oxygen atoms in total. The van der Waals surface area contributed by atoms with Gasteiger partial charge in [0.1, 0.15) is 5.82 Å². The fourth-order valence-corrected chi connectivity index (χ4v) is 2.75. The van der Waals surface area contributed by atoms with Crippen LogP contribution in [0.2, 0.25) is 0 Å². The van der Waals surface area contributed by atoms with Crippen LogP contribution in [0.25, 0.3) is 10.9 Å². The summed E-state index contributed by atoms with van der Waals surface area (Å²) in [5.74, 6) is -0.348. The van der Waals surface area contributed by atoms with Crippen molar-refractivity contribution < 1.29 is 9.13 Å². The fraction of sp³-hybridized carbons (Fsp3) is 0.222. The highest BCUT2D eigenvalue weighted by atomic mass is 19.1. The molecule has 0 saturated heterocycles. The lowest BCUT2D eigenvalue weighted by molar-refractivity contribution is 0.184. The number of hydrogen-bond acceptors (Lipinski definition) is 4. The average Bonchev–Trinajstić information content (AvgIpc) is 2.60. The summed E-state index contributed by atoms with van der Waals surface area (Å²) in [5.41, 5.74) is 6.63. The van der Waals surface area contributed by atoms with Gasteiger partial charge in [-0.25, -0.2) is 9.18 Å². The minimum absolute atomic E-state index is 0.141. The topological polar surface area (TPSA) is 79.2 Å². The maximum atomic E-state index is 13.1. The quantitative estimate of drug-likeness (QED) is 0.714. The molecule has 0 aliphatic rings. The number of fused-ring (bicyclic) bond motifs is 1. The third-order valence-corrected chi connectivity index (χ3v) is 4.02. The molecule has 0 radical (unpaired) electrons. The molecule has 0 spiro atoms. The number of hydrogen-bond donors (Lipinski definition) is 1. The maximum Gasteiger partial charge on any atom is 0.331 e. The summed E-state index contributed by atoms with van der Waals surface area (Å²) in [6, 6.07) is 10.7. The summed E-state index contributed by atoms with van der Waals surface area (Å²) in [6.07, 6.45) is 0. The number of ether oxygens (including phenoxy) is 1. The van der Waals surface area contributed by atoms with Crippen molar-refractivity contribution in [2.45, 2.75) is 13.1 Å². The lowest BCUT2D eigenvalue weighted by Crippen LogP contribution is -2.41. The van der Waals surface area contributed by atoms with Crippen LogP contribution >= 0.6 is 0 Å². The van der Waals surface area contributed by atoms with Crippen molar-refractivity contribution in [3.8, 4) is 0 Å². The summed E-state index contributed by atoms with van der Waals surface area (Å²) < 4.78 is 20.7. The minimum Gasteiger partial charge on any atom is -0.399 e. The van der Waals surface area contributed by atoms with Crippen molar-refractivity contribution in [3.05, 3.63) is 74.7 Å². The number of rotatable bonds is 5. The molecular weight excluding hydrogens is 325 g/mol. The number of halogens is 1. The van der Waals surface area contributed by atoms with Gasteiger partial charge in [0, 0.05) is 12.8 Å². The summed E-state index contributed by atoms with van der Waals surface area (Å²) in [4.78, 5) is 25.5. The van der Waals surface area contributed by atoms with Crippen molar-refractivity contribution in [3.63, 3.8) is 0 Å². The molecule has 0 saturated carbocycles. The van der Waals surface area contributed by atoms with E-state index in [0.29, 0.717) is 16.6 Å². The normalized spacial score (nSPS) is 11.1. The number of benzene rings is 2. The van der Waals surface area contributed by atoms with Gasteiger partial charge in [0.25, 0.3) is 5.56 Å². The number of nitrogen functional groups attached to an aromatic ring is 1. The summed E-state index contributed by atoms with van der Waals surface area (Å²) >= 11 is 0. The van der Waals surface area contributed by atoms with Crippen LogP contribution in [-0.2, 0) is 17.8 Å². The first kappa shape index (κ1) is 16.9. The first-order valence-corrected chi connectivity index (χ1v) is 7.77. The molecule has 3 aromatic rings. The predicted molar refractivity (Wildman–Crippen MR) is 94.3 cm³/mol. The highest BCUT2D eigenvalue weighted by Gasteiger charge is 2.13. The summed E-state index contributed by atoms with van der Waals surface area (Å²) in [5, 5.41) is 0.359. The van der Waals surface area contributed by atoms with E-state index in [9.17, 15) is 14.0 Å². The molecule has 0 fully saturated rings. The highest BCUT2D eigenvalue weighted by molar-refractivity contribution is 5.81. The summed E-state index contributed by atoms with van der Waals surface area (Å²) in [6.45, 7) is 0.592. The molecule has 1 heterocycles. The molecule has 1 aromatic heterocycles. The Morgan fingerprint density at radius 3 is 2.48 bits per heavy atom. The van der Waals surface area contributed by atoms with E-state index in [2.05, 4.69) is 0 Å². The van der Waals surface area contributed by atoms with E-state index >= 15 is 0 Å². The second-order valence-electron chi connectivity index (χ2n) is 5.72.